The molecule has 1 atom stereocenters. The molecule has 0 saturated heterocycles. The minimum atomic E-state index is 0.000509. The van der Waals surface area contributed by atoms with Crippen molar-refractivity contribution in [2.45, 2.75) is 33.6 Å². The molecule has 0 saturated carbocycles. The molecule has 1 unspecified atom stereocenters. The summed E-state index contributed by atoms with van der Waals surface area (Å²) in [6.07, 6.45) is 1.87. The van der Waals surface area contributed by atoms with Crippen molar-refractivity contribution in [3.63, 3.8) is 0 Å². The fourth-order valence-corrected chi connectivity index (χ4v) is 1.83. The third-order valence-electron chi connectivity index (χ3n) is 2.51. The van der Waals surface area contributed by atoms with Gasteiger partial charge in [-0.05, 0) is 25.2 Å². The minimum Gasteiger partial charge on any atom is -0.396 e. The summed E-state index contributed by atoms with van der Waals surface area (Å²) in [6.45, 7) is 6.45. The van der Waals surface area contributed by atoms with Gasteiger partial charge >= 0.3 is 0 Å². The molecule has 1 aromatic heterocycles. The molecular formula is C10H17NOS. The maximum absolute atomic E-state index is 9.23. The number of aromatic nitrogens is 1. The number of rotatable bonds is 4. The van der Waals surface area contributed by atoms with Crippen LogP contribution in [0.3, 0.4) is 0 Å². The number of hydrogen-bond acceptors (Lipinski definition) is 3. The van der Waals surface area contributed by atoms with Gasteiger partial charge in [-0.1, -0.05) is 13.8 Å². The Balaban J connectivity index is 2.67. The summed E-state index contributed by atoms with van der Waals surface area (Å²) in [5.41, 5.74) is 1.11. The molecule has 2 nitrogen and oxygen atoms in total. The molecule has 0 bridgehead atoms. The Morgan fingerprint density at radius 1 is 1.62 bits per heavy atom. The normalized spacial score (nSPS) is 15.7. The van der Waals surface area contributed by atoms with Crippen molar-refractivity contribution in [2.75, 3.05) is 6.61 Å². The predicted octanol–water partition coefficient (Wildman–Crippen LogP) is 2.40. The smallest absolute Gasteiger partial charge is 0.0897 e. The zero-order valence-electron chi connectivity index (χ0n) is 8.50. The van der Waals surface area contributed by atoms with E-state index in [-0.39, 0.29) is 12.0 Å². The van der Waals surface area contributed by atoms with Gasteiger partial charge in [0.2, 0.25) is 0 Å². The van der Waals surface area contributed by atoms with Gasteiger partial charge in [0.1, 0.15) is 0 Å². The highest BCUT2D eigenvalue weighted by Gasteiger charge is 2.22. The molecular weight excluding hydrogens is 182 g/mol. The van der Waals surface area contributed by atoms with E-state index in [2.05, 4.69) is 24.2 Å². The van der Waals surface area contributed by atoms with E-state index in [1.165, 1.54) is 0 Å². The third-order valence-corrected chi connectivity index (χ3v) is 3.33. The van der Waals surface area contributed by atoms with Crippen molar-refractivity contribution in [3.05, 3.63) is 16.1 Å². The summed E-state index contributed by atoms with van der Waals surface area (Å²) in [5.74, 6) is 0. The Hall–Kier alpha value is -0.410. The van der Waals surface area contributed by atoms with Crippen LogP contribution in [-0.2, 0) is 6.42 Å². The van der Waals surface area contributed by atoms with Crippen LogP contribution in [0.1, 0.15) is 31.0 Å². The summed E-state index contributed by atoms with van der Waals surface area (Å²) in [7, 11) is 0. The Bertz CT molecular complexity index is 266. The number of nitrogens with zero attached hydrogens (tertiary/aromatic N) is 1. The van der Waals surface area contributed by atoms with E-state index in [0.717, 1.165) is 23.5 Å². The van der Waals surface area contributed by atoms with E-state index >= 15 is 0 Å². The summed E-state index contributed by atoms with van der Waals surface area (Å²) < 4.78 is 0. The van der Waals surface area contributed by atoms with Crippen LogP contribution in [0.15, 0.2) is 5.38 Å². The average Bonchev–Trinajstić information content (AvgIpc) is 2.51. The van der Waals surface area contributed by atoms with Gasteiger partial charge in [-0.15, -0.1) is 11.3 Å². The van der Waals surface area contributed by atoms with E-state index in [0.29, 0.717) is 0 Å². The summed E-state index contributed by atoms with van der Waals surface area (Å²) in [4.78, 5) is 4.40. The standard InChI is InChI=1S/C10H17NOS/c1-4-10(3,7-12)5-9-6-13-8(2)11-9/h6,12H,4-5,7H2,1-3H3. The molecule has 74 valence electrons. The van der Waals surface area contributed by atoms with Crippen molar-refractivity contribution < 1.29 is 5.11 Å². The lowest BCUT2D eigenvalue weighted by Crippen LogP contribution is -2.23. The molecule has 1 N–H and O–H groups in total. The number of aliphatic hydroxyl groups excluding tert-OH is 1. The Kier molecular flexibility index (Phi) is 3.45. The molecule has 3 heteroatoms. The molecule has 1 aromatic rings. The number of aliphatic hydroxyl groups is 1. The van der Waals surface area contributed by atoms with E-state index < -0.39 is 0 Å². The first-order valence-electron chi connectivity index (χ1n) is 4.61. The highest BCUT2D eigenvalue weighted by molar-refractivity contribution is 7.09. The van der Waals surface area contributed by atoms with E-state index in [4.69, 9.17) is 0 Å². The molecule has 0 aliphatic carbocycles. The van der Waals surface area contributed by atoms with Crippen molar-refractivity contribution in [1.82, 2.24) is 4.98 Å². The summed E-state index contributed by atoms with van der Waals surface area (Å²) >= 11 is 1.67. The number of hydrogen-bond donors (Lipinski definition) is 1. The molecule has 0 spiro atoms. The maximum Gasteiger partial charge on any atom is 0.0897 e. The highest BCUT2D eigenvalue weighted by Crippen LogP contribution is 2.26. The van der Waals surface area contributed by atoms with Gasteiger partial charge in [0.05, 0.1) is 10.7 Å². The van der Waals surface area contributed by atoms with Crippen molar-refractivity contribution >= 4 is 11.3 Å². The first kappa shape index (κ1) is 10.7. The highest BCUT2D eigenvalue weighted by atomic mass is 32.1. The molecule has 0 aliphatic heterocycles. The van der Waals surface area contributed by atoms with Crippen molar-refractivity contribution in [2.24, 2.45) is 5.41 Å². The van der Waals surface area contributed by atoms with Gasteiger partial charge in [0.15, 0.2) is 0 Å². The quantitative estimate of drug-likeness (QED) is 0.807. The molecule has 1 heterocycles. The van der Waals surface area contributed by atoms with Crippen LogP contribution in [0.25, 0.3) is 0 Å². The largest absolute Gasteiger partial charge is 0.396 e. The Morgan fingerprint density at radius 2 is 2.31 bits per heavy atom. The molecule has 1 rings (SSSR count). The zero-order chi connectivity index (χ0) is 9.90. The van der Waals surface area contributed by atoms with E-state index in [1.54, 1.807) is 11.3 Å². The molecule has 13 heavy (non-hydrogen) atoms. The Morgan fingerprint density at radius 3 is 2.69 bits per heavy atom. The average molecular weight is 199 g/mol. The van der Waals surface area contributed by atoms with Crippen LogP contribution < -0.4 is 0 Å². The maximum atomic E-state index is 9.23. The van der Waals surface area contributed by atoms with Crippen LogP contribution in [0, 0.1) is 12.3 Å². The van der Waals surface area contributed by atoms with Crippen molar-refractivity contribution in [1.29, 1.82) is 0 Å². The minimum absolute atomic E-state index is 0.000509. The predicted molar refractivity (Wildman–Crippen MR) is 56.0 cm³/mol. The molecule has 0 fully saturated rings. The van der Waals surface area contributed by atoms with Gasteiger partial charge in [0, 0.05) is 12.0 Å². The first-order valence-corrected chi connectivity index (χ1v) is 5.49. The van der Waals surface area contributed by atoms with Gasteiger partial charge < -0.3 is 5.11 Å². The molecule has 0 aromatic carbocycles. The van der Waals surface area contributed by atoms with Gasteiger partial charge in [-0.2, -0.15) is 0 Å². The second kappa shape index (κ2) is 4.20. The lowest BCUT2D eigenvalue weighted by atomic mass is 9.84. The Labute approximate surface area is 83.6 Å². The van der Waals surface area contributed by atoms with Crippen LogP contribution in [0.2, 0.25) is 0 Å². The zero-order valence-corrected chi connectivity index (χ0v) is 9.32. The fraction of sp³-hybridized carbons (Fsp3) is 0.700. The lowest BCUT2D eigenvalue weighted by molar-refractivity contribution is 0.137. The monoisotopic (exact) mass is 199 g/mol. The molecule has 0 radical (unpaired) electrons. The second-order valence-electron chi connectivity index (χ2n) is 3.86. The van der Waals surface area contributed by atoms with Crippen LogP contribution in [0.4, 0.5) is 0 Å². The second-order valence-corrected chi connectivity index (χ2v) is 4.92. The number of aryl methyl sites for hydroxylation is 1. The van der Waals surface area contributed by atoms with Crippen LogP contribution in [0.5, 0.6) is 0 Å². The van der Waals surface area contributed by atoms with Gasteiger partial charge in [0.25, 0.3) is 0 Å². The fourth-order valence-electron chi connectivity index (χ4n) is 1.22. The van der Waals surface area contributed by atoms with E-state index in [1.807, 2.05) is 6.92 Å². The third kappa shape index (κ3) is 2.78. The summed E-state index contributed by atoms with van der Waals surface area (Å²) in [5, 5.41) is 12.4. The lowest BCUT2D eigenvalue weighted by Gasteiger charge is -2.24. The topological polar surface area (TPSA) is 33.1 Å². The van der Waals surface area contributed by atoms with E-state index in [9.17, 15) is 5.11 Å². The SMILES string of the molecule is CCC(C)(CO)Cc1csc(C)n1. The first-order chi connectivity index (χ1) is 6.09. The summed E-state index contributed by atoms with van der Waals surface area (Å²) in [6, 6.07) is 0. The number of thiazole rings is 1. The van der Waals surface area contributed by atoms with Gasteiger partial charge in [-0.3, -0.25) is 0 Å². The molecule has 0 amide bonds. The van der Waals surface area contributed by atoms with Crippen LogP contribution in [-0.4, -0.2) is 16.7 Å². The van der Waals surface area contributed by atoms with Crippen molar-refractivity contribution in [3.8, 4) is 0 Å². The van der Waals surface area contributed by atoms with Gasteiger partial charge in [-0.25, -0.2) is 4.98 Å². The molecule has 0 aliphatic rings. The van der Waals surface area contributed by atoms with Crippen LogP contribution >= 0.6 is 11.3 Å².